The van der Waals surface area contributed by atoms with Crippen LogP contribution in [0.3, 0.4) is 0 Å². The van der Waals surface area contributed by atoms with Gasteiger partial charge < -0.3 is 14.8 Å². The Labute approximate surface area is 122 Å². The van der Waals surface area contributed by atoms with Gasteiger partial charge in [-0.05, 0) is 18.6 Å². The van der Waals surface area contributed by atoms with E-state index < -0.39 is 12.0 Å². The van der Waals surface area contributed by atoms with E-state index in [1.165, 1.54) is 0 Å². The van der Waals surface area contributed by atoms with Crippen molar-refractivity contribution in [1.29, 1.82) is 0 Å². The number of nitrogens with one attached hydrogen (secondary N) is 1. The zero-order valence-electron chi connectivity index (χ0n) is 12.0. The normalized spacial score (nSPS) is 12.2. The number of nitrogens with zero attached hydrogens (tertiary/aromatic N) is 2. The van der Waals surface area contributed by atoms with Crippen LogP contribution in [0.4, 0.5) is 0 Å². The molecule has 6 nitrogen and oxygen atoms in total. The lowest BCUT2D eigenvalue weighted by Crippen LogP contribution is -2.41. The van der Waals surface area contributed by atoms with Gasteiger partial charge in [-0.15, -0.1) is 0 Å². The van der Waals surface area contributed by atoms with E-state index in [9.17, 15) is 9.59 Å². The molecule has 1 unspecified atom stereocenters. The van der Waals surface area contributed by atoms with Gasteiger partial charge >= 0.3 is 5.97 Å². The Morgan fingerprint density at radius 1 is 1.43 bits per heavy atom. The number of pyridine rings is 1. The Kier molecular flexibility index (Phi) is 4.92. The number of fused-ring (bicyclic) bond motifs is 1. The lowest BCUT2D eigenvalue weighted by atomic mass is 10.1. The first kappa shape index (κ1) is 15.0. The first-order valence-corrected chi connectivity index (χ1v) is 7.05. The lowest BCUT2D eigenvalue weighted by Gasteiger charge is -2.13. The SMILES string of the molecule is CCCCC(NC(=O)Cc1cn2ccccc2n1)C(=O)O. The largest absolute Gasteiger partial charge is 0.480 e. The molecule has 0 bridgehead atoms. The van der Waals surface area contributed by atoms with Crippen molar-refractivity contribution in [2.75, 3.05) is 0 Å². The van der Waals surface area contributed by atoms with E-state index in [2.05, 4.69) is 10.3 Å². The van der Waals surface area contributed by atoms with Crippen LogP contribution in [0.25, 0.3) is 5.65 Å². The van der Waals surface area contributed by atoms with Crippen molar-refractivity contribution < 1.29 is 14.7 Å². The van der Waals surface area contributed by atoms with Crippen LogP contribution < -0.4 is 5.32 Å². The standard InChI is InChI=1S/C15H19N3O3/c1-2-3-6-12(15(20)21)17-14(19)9-11-10-18-8-5-4-7-13(18)16-11/h4-5,7-8,10,12H,2-3,6,9H2,1H3,(H,17,19)(H,20,21). The van der Waals surface area contributed by atoms with Gasteiger partial charge in [0.25, 0.3) is 0 Å². The minimum absolute atomic E-state index is 0.0809. The Balaban J connectivity index is 1.98. The summed E-state index contributed by atoms with van der Waals surface area (Å²) in [6.45, 7) is 1.98. The maximum absolute atomic E-state index is 11.9. The number of carboxylic acid groups (broad SMARTS) is 1. The molecular weight excluding hydrogens is 270 g/mol. The van der Waals surface area contributed by atoms with E-state index in [4.69, 9.17) is 5.11 Å². The number of aliphatic carboxylic acids is 1. The van der Waals surface area contributed by atoms with Gasteiger partial charge in [0.1, 0.15) is 11.7 Å². The molecule has 0 fully saturated rings. The summed E-state index contributed by atoms with van der Waals surface area (Å²) in [5.41, 5.74) is 1.39. The van der Waals surface area contributed by atoms with Gasteiger partial charge in [-0.1, -0.05) is 25.8 Å². The molecule has 0 aliphatic carbocycles. The average Bonchev–Trinajstić information content (AvgIpc) is 2.85. The van der Waals surface area contributed by atoms with E-state index in [0.29, 0.717) is 12.1 Å². The summed E-state index contributed by atoms with van der Waals surface area (Å²) in [5.74, 6) is -1.31. The molecule has 1 amide bonds. The van der Waals surface area contributed by atoms with Gasteiger partial charge in [-0.25, -0.2) is 9.78 Å². The third-order valence-electron chi connectivity index (χ3n) is 3.24. The molecule has 1 atom stereocenters. The number of carboxylic acids is 1. The number of imidazole rings is 1. The van der Waals surface area contributed by atoms with Gasteiger partial charge in [-0.3, -0.25) is 4.79 Å². The van der Waals surface area contributed by atoms with Crippen LogP contribution in [-0.2, 0) is 16.0 Å². The van der Waals surface area contributed by atoms with Gasteiger partial charge in [0.2, 0.25) is 5.91 Å². The predicted molar refractivity (Wildman–Crippen MR) is 78.0 cm³/mol. The van der Waals surface area contributed by atoms with Crippen molar-refractivity contribution in [2.24, 2.45) is 0 Å². The Morgan fingerprint density at radius 3 is 2.90 bits per heavy atom. The Bertz CT molecular complexity index is 603. The monoisotopic (exact) mass is 289 g/mol. The summed E-state index contributed by atoms with van der Waals surface area (Å²) >= 11 is 0. The van der Waals surface area contributed by atoms with E-state index in [0.717, 1.165) is 18.5 Å². The highest BCUT2D eigenvalue weighted by Gasteiger charge is 2.19. The maximum atomic E-state index is 11.9. The summed E-state index contributed by atoms with van der Waals surface area (Å²) in [4.78, 5) is 27.4. The predicted octanol–water partition coefficient (Wildman–Crippen LogP) is 1.64. The molecule has 2 N–H and O–H groups in total. The molecule has 0 saturated carbocycles. The summed E-state index contributed by atoms with van der Waals surface area (Å²) in [7, 11) is 0. The molecule has 0 radical (unpaired) electrons. The molecular formula is C15H19N3O3. The molecule has 2 rings (SSSR count). The van der Waals surface area contributed by atoms with Crippen LogP contribution in [0, 0.1) is 0 Å². The summed E-state index contributed by atoms with van der Waals surface area (Å²) in [5, 5.41) is 11.7. The van der Waals surface area contributed by atoms with Crippen molar-refractivity contribution in [3.8, 4) is 0 Å². The molecule has 21 heavy (non-hydrogen) atoms. The average molecular weight is 289 g/mol. The first-order valence-electron chi connectivity index (χ1n) is 7.05. The van der Waals surface area contributed by atoms with Crippen LogP contribution in [0.5, 0.6) is 0 Å². The van der Waals surface area contributed by atoms with Crippen LogP contribution in [0.1, 0.15) is 31.9 Å². The van der Waals surface area contributed by atoms with Gasteiger partial charge in [0, 0.05) is 12.4 Å². The molecule has 112 valence electrons. The number of carbonyl (C=O) groups excluding carboxylic acids is 1. The molecule has 0 spiro atoms. The molecule has 2 aromatic rings. The van der Waals surface area contributed by atoms with Crippen LogP contribution >= 0.6 is 0 Å². The molecule has 0 aliphatic rings. The fourth-order valence-electron chi connectivity index (χ4n) is 2.15. The van der Waals surface area contributed by atoms with Crippen molar-refractivity contribution in [1.82, 2.24) is 14.7 Å². The van der Waals surface area contributed by atoms with Crippen LogP contribution in [0.15, 0.2) is 30.6 Å². The Hall–Kier alpha value is -2.37. The van der Waals surface area contributed by atoms with Gasteiger partial charge in [-0.2, -0.15) is 0 Å². The number of amides is 1. The minimum Gasteiger partial charge on any atom is -0.480 e. The van der Waals surface area contributed by atoms with Crippen molar-refractivity contribution in [2.45, 2.75) is 38.6 Å². The number of rotatable bonds is 7. The number of carbonyl (C=O) groups is 2. The highest BCUT2D eigenvalue weighted by molar-refractivity contribution is 5.84. The highest BCUT2D eigenvalue weighted by atomic mass is 16.4. The van der Waals surface area contributed by atoms with Crippen molar-refractivity contribution in [3.63, 3.8) is 0 Å². The summed E-state index contributed by atoms with van der Waals surface area (Å²) in [6, 6.07) is 4.78. The lowest BCUT2D eigenvalue weighted by molar-refractivity contribution is -0.142. The third-order valence-corrected chi connectivity index (χ3v) is 3.24. The second-order valence-corrected chi connectivity index (χ2v) is 4.98. The Morgan fingerprint density at radius 2 is 2.24 bits per heavy atom. The van der Waals surface area contributed by atoms with E-state index in [1.807, 2.05) is 35.7 Å². The number of hydrogen-bond donors (Lipinski definition) is 2. The fraction of sp³-hybridized carbons (Fsp3) is 0.400. The molecule has 6 heteroatoms. The zero-order chi connectivity index (χ0) is 15.2. The zero-order valence-corrected chi connectivity index (χ0v) is 12.0. The van der Waals surface area contributed by atoms with E-state index in [1.54, 1.807) is 6.20 Å². The first-order chi connectivity index (χ1) is 10.1. The van der Waals surface area contributed by atoms with E-state index in [-0.39, 0.29) is 12.3 Å². The van der Waals surface area contributed by atoms with E-state index >= 15 is 0 Å². The van der Waals surface area contributed by atoms with Gasteiger partial charge in [0.05, 0.1) is 12.1 Å². The second-order valence-electron chi connectivity index (χ2n) is 4.98. The van der Waals surface area contributed by atoms with Crippen molar-refractivity contribution in [3.05, 3.63) is 36.3 Å². The molecule has 2 heterocycles. The molecule has 0 aromatic carbocycles. The van der Waals surface area contributed by atoms with Crippen LogP contribution in [-0.4, -0.2) is 32.4 Å². The topological polar surface area (TPSA) is 83.7 Å². The number of aromatic nitrogens is 2. The minimum atomic E-state index is -0.994. The molecule has 0 saturated heterocycles. The fourth-order valence-corrected chi connectivity index (χ4v) is 2.15. The third kappa shape index (κ3) is 4.05. The van der Waals surface area contributed by atoms with Gasteiger partial charge in [0.15, 0.2) is 0 Å². The quantitative estimate of drug-likeness (QED) is 0.811. The number of hydrogen-bond acceptors (Lipinski definition) is 3. The molecule has 0 aliphatic heterocycles. The van der Waals surface area contributed by atoms with Crippen LogP contribution in [0.2, 0.25) is 0 Å². The summed E-state index contributed by atoms with van der Waals surface area (Å²) in [6.07, 6.45) is 5.82. The summed E-state index contributed by atoms with van der Waals surface area (Å²) < 4.78 is 1.83. The molecule has 2 aromatic heterocycles. The maximum Gasteiger partial charge on any atom is 0.326 e. The highest BCUT2D eigenvalue weighted by Crippen LogP contribution is 2.06. The smallest absolute Gasteiger partial charge is 0.326 e. The number of unbranched alkanes of at least 4 members (excludes halogenated alkanes) is 1. The second kappa shape index (κ2) is 6.88. The van der Waals surface area contributed by atoms with Crippen molar-refractivity contribution >= 4 is 17.5 Å².